The maximum atomic E-state index is 14.2. The summed E-state index contributed by atoms with van der Waals surface area (Å²) in [7, 11) is -2.08. The molecule has 1 saturated heterocycles. The number of sulfone groups is 1. The van der Waals surface area contributed by atoms with E-state index in [1.54, 1.807) is 24.3 Å². The summed E-state index contributed by atoms with van der Waals surface area (Å²) in [5, 5.41) is 52.3. The number of amides is 1. The summed E-state index contributed by atoms with van der Waals surface area (Å²) >= 11 is 0. The molecule has 0 radical (unpaired) electrons. The van der Waals surface area contributed by atoms with Gasteiger partial charge in [-0.15, -0.1) is 0 Å². The number of rotatable bonds is 15. The zero-order chi connectivity index (χ0) is 34.8. The third kappa shape index (κ3) is 8.88. The number of anilines is 1. The van der Waals surface area contributed by atoms with E-state index in [9.17, 15) is 38.7 Å². The number of nitrogens with one attached hydrogen (secondary N) is 1. The fourth-order valence-corrected chi connectivity index (χ4v) is 6.94. The lowest BCUT2D eigenvalue weighted by Crippen LogP contribution is -2.51. The highest BCUT2D eigenvalue weighted by atomic mass is 32.2. The number of likely N-dealkylation sites (N-methyl/N-ethyl adjacent to an activating group) is 1. The number of pyridine rings is 1. The molecule has 0 saturated carbocycles. The van der Waals surface area contributed by atoms with E-state index in [0.717, 1.165) is 25.8 Å². The van der Waals surface area contributed by atoms with Gasteiger partial charge in [0.25, 0.3) is 5.91 Å². The molecule has 2 aromatic carbocycles. The highest BCUT2D eigenvalue weighted by Crippen LogP contribution is 2.37. The zero-order valence-corrected chi connectivity index (χ0v) is 28.1. The molecule has 262 valence electrons. The van der Waals surface area contributed by atoms with E-state index >= 15 is 0 Å². The second kappa shape index (κ2) is 17.2. The quantitative estimate of drug-likeness (QED) is 0.0988. The fraction of sp³-hybridized carbons (Fsp3) is 0.471. The maximum absolute atomic E-state index is 14.2. The van der Waals surface area contributed by atoms with Gasteiger partial charge in [0.15, 0.2) is 0 Å². The van der Waals surface area contributed by atoms with Crippen molar-refractivity contribution >= 4 is 32.3 Å². The lowest BCUT2D eigenvalue weighted by molar-refractivity contribution is -0.0814. The Kier molecular flexibility index (Phi) is 13.3. The van der Waals surface area contributed by atoms with Gasteiger partial charge in [0, 0.05) is 36.8 Å². The van der Waals surface area contributed by atoms with E-state index in [1.165, 1.54) is 36.5 Å². The minimum absolute atomic E-state index is 0.00273. The second-order valence-electron chi connectivity index (χ2n) is 11.9. The number of carbonyl (C=O) groups is 1. The Bertz CT molecular complexity index is 1650. The van der Waals surface area contributed by atoms with Gasteiger partial charge in [-0.2, -0.15) is 0 Å². The number of aliphatic hydroxyl groups is 5. The smallest absolute Gasteiger partial charge is 0.251 e. The van der Waals surface area contributed by atoms with Gasteiger partial charge in [0.2, 0.25) is 9.84 Å². The molecule has 1 amide bonds. The van der Waals surface area contributed by atoms with Crippen LogP contribution in [0, 0.1) is 0 Å². The summed E-state index contributed by atoms with van der Waals surface area (Å²) in [4.78, 5) is 22.3. The molecular weight excluding hydrogens is 640 g/mol. The minimum Gasteiger partial charge on any atom is -0.494 e. The lowest BCUT2D eigenvalue weighted by Gasteiger charge is -2.28. The number of benzene rings is 2. The third-order valence-corrected chi connectivity index (χ3v) is 10.1. The summed E-state index contributed by atoms with van der Waals surface area (Å²) in [6.45, 7) is 3.97. The van der Waals surface area contributed by atoms with Crippen molar-refractivity contribution in [2.75, 3.05) is 57.9 Å². The molecule has 1 aliphatic rings. The van der Waals surface area contributed by atoms with E-state index in [4.69, 9.17) is 4.74 Å². The van der Waals surface area contributed by atoms with Crippen LogP contribution in [0.4, 0.5) is 5.69 Å². The van der Waals surface area contributed by atoms with Gasteiger partial charge >= 0.3 is 0 Å². The molecule has 14 heteroatoms. The molecule has 1 aromatic heterocycles. The Balaban J connectivity index is 1.78. The molecule has 0 spiro atoms. The SMILES string of the molecule is CCCCOc1ccc(S(=O)(=O)c2cnc3ccc(C(=O)NC(/C=C\CO)C(O)C(O)C(O)CO)cc3c2N2CCCN(C)CC2)cc1. The van der Waals surface area contributed by atoms with Gasteiger partial charge in [0.05, 0.1) is 42.0 Å². The average Bonchev–Trinajstić information content (AvgIpc) is 3.32. The number of fused-ring (bicyclic) bond motifs is 1. The molecule has 4 atom stereocenters. The van der Waals surface area contributed by atoms with Gasteiger partial charge in [-0.1, -0.05) is 25.5 Å². The van der Waals surface area contributed by atoms with Crippen molar-refractivity contribution in [1.29, 1.82) is 0 Å². The highest BCUT2D eigenvalue weighted by molar-refractivity contribution is 7.91. The Hall–Kier alpha value is -3.63. The van der Waals surface area contributed by atoms with Crippen LogP contribution in [-0.2, 0) is 9.84 Å². The number of aliphatic hydroxyl groups excluding tert-OH is 5. The van der Waals surface area contributed by atoms with Crippen LogP contribution in [0.5, 0.6) is 5.75 Å². The molecule has 13 nitrogen and oxygen atoms in total. The first-order valence-electron chi connectivity index (χ1n) is 16.1. The van der Waals surface area contributed by atoms with E-state index < -0.39 is 53.3 Å². The number of hydrogen-bond donors (Lipinski definition) is 6. The van der Waals surface area contributed by atoms with Crippen LogP contribution < -0.4 is 15.0 Å². The first kappa shape index (κ1) is 37.2. The zero-order valence-electron chi connectivity index (χ0n) is 27.3. The van der Waals surface area contributed by atoms with Crippen molar-refractivity contribution in [3.63, 3.8) is 0 Å². The summed E-state index contributed by atoms with van der Waals surface area (Å²) < 4.78 is 34.2. The molecule has 4 rings (SSSR count). The van der Waals surface area contributed by atoms with Crippen molar-refractivity contribution in [3.05, 3.63) is 66.4 Å². The van der Waals surface area contributed by atoms with Crippen molar-refractivity contribution in [1.82, 2.24) is 15.2 Å². The number of aromatic nitrogens is 1. The van der Waals surface area contributed by atoms with E-state index in [-0.39, 0.29) is 15.4 Å². The molecule has 4 unspecified atom stereocenters. The van der Waals surface area contributed by atoms with Gasteiger partial charge in [-0.05, 0) is 68.9 Å². The monoisotopic (exact) mass is 686 g/mol. The van der Waals surface area contributed by atoms with E-state index in [1.807, 2.05) is 11.9 Å². The number of unbranched alkanes of at least 4 members (excludes halogenated alkanes) is 1. The summed E-state index contributed by atoms with van der Waals surface area (Å²) in [5.74, 6) is -0.108. The van der Waals surface area contributed by atoms with Crippen LogP contribution >= 0.6 is 0 Å². The third-order valence-electron chi connectivity index (χ3n) is 8.34. The van der Waals surface area contributed by atoms with Crippen LogP contribution in [0.2, 0.25) is 0 Å². The molecule has 0 bridgehead atoms. The molecule has 1 fully saturated rings. The number of hydrogen-bond acceptors (Lipinski definition) is 12. The topological polar surface area (TPSA) is 193 Å². The van der Waals surface area contributed by atoms with Crippen LogP contribution in [0.25, 0.3) is 10.9 Å². The maximum Gasteiger partial charge on any atom is 0.251 e. The largest absolute Gasteiger partial charge is 0.494 e. The van der Waals surface area contributed by atoms with Crippen molar-refractivity contribution in [3.8, 4) is 5.75 Å². The molecule has 0 aliphatic carbocycles. The van der Waals surface area contributed by atoms with Crippen LogP contribution in [0.1, 0.15) is 36.5 Å². The fourth-order valence-electron chi connectivity index (χ4n) is 5.51. The van der Waals surface area contributed by atoms with Gasteiger partial charge in [-0.25, -0.2) is 8.42 Å². The van der Waals surface area contributed by atoms with Crippen LogP contribution in [-0.4, -0.2) is 127 Å². The van der Waals surface area contributed by atoms with E-state index in [2.05, 4.69) is 22.1 Å². The summed E-state index contributed by atoms with van der Waals surface area (Å²) in [5.41, 5.74) is 1.01. The van der Waals surface area contributed by atoms with Gasteiger partial charge in [0.1, 0.15) is 29.0 Å². The van der Waals surface area contributed by atoms with Crippen LogP contribution in [0.15, 0.2) is 70.6 Å². The number of ether oxygens (including phenoxy) is 1. The summed E-state index contributed by atoms with van der Waals surface area (Å²) in [6, 6.07) is 9.69. The molecular formula is C34H46N4O9S. The average molecular weight is 687 g/mol. The predicted octanol–water partition coefficient (Wildman–Crippen LogP) is 1.11. The lowest BCUT2D eigenvalue weighted by atomic mass is 10.00. The predicted molar refractivity (Wildman–Crippen MR) is 181 cm³/mol. The Morgan fingerprint density at radius 2 is 1.79 bits per heavy atom. The Morgan fingerprint density at radius 3 is 2.48 bits per heavy atom. The van der Waals surface area contributed by atoms with Gasteiger partial charge in [-0.3, -0.25) is 9.78 Å². The molecule has 2 heterocycles. The summed E-state index contributed by atoms with van der Waals surface area (Å²) in [6.07, 6.45) is 1.30. The Morgan fingerprint density at radius 1 is 1.04 bits per heavy atom. The van der Waals surface area contributed by atoms with Crippen molar-refractivity contribution < 1.29 is 43.5 Å². The Labute approximate surface area is 281 Å². The highest BCUT2D eigenvalue weighted by Gasteiger charge is 2.32. The first-order valence-corrected chi connectivity index (χ1v) is 17.6. The van der Waals surface area contributed by atoms with E-state index in [0.29, 0.717) is 48.6 Å². The molecule has 1 aliphatic heterocycles. The molecule has 48 heavy (non-hydrogen) atoms. The normalized spacial score (nSPS) is 17.2. The molecule has 3 aromatic rings. The second-order valence-corrected chi connectivity index (χ2v) is 13.8. The number of nitrogens with zero attached hydrogens (tertiary/aromatic N) is 3. The first-order chi connectivity index (χ1) is 23.0. The van der Waals surface area contributed by atoms with Crippen molar-refractivity contribution in [2.24, 2.45) is 0 Å². The number of carbonyl (C=O) groups excluding carboxylic acids is 1. The molecule has 6 N–H and O–H groups in total. The van der Waals surface area contributed by atoms with Crippen molar-refractivity contribution in [2.45, 2.75) is 60.3 Å². The standard InChI is InChI=1S/C34H46N4O9S/c1-3-4-19-47-24-9-11-25(12-10-24)48(45,46)30-21-35-27-13-8-23(20-26(27)31(30)38-15-6-14-37(2)16-17-38)34(44)36-28(7-5-18-39)32(42)33(43)29(41)22-40/h5,7-13,20-21,28-29,32-33,39-43H,3-4,6,14-19,22H2,1-2H3,(H,36,44)/b7-5-. The minimum atomic E-state index is -4.08. The van der Waals surface area contributed by atoms with Crippen LogP contribution in [0.3, 0.4) is 0 Å². The van der Waals surface area contributed by atoms with Gasteiger partial charge < -0.3 is 45.4 Å².